The molecule has 3 aromatic rings. The molecule has 2 aliphatic rings. The molecule has 2 saturated heterocycles. The van der Waals surface area contributed by atoms with Crippen LogP contribution in [0.2, 0.25) is 0 Å². The number of fused-ring (bicyclic) bond motifs is 1. The van der Waals surface area contributed by atoms with Crippen molar-refractivity contribution in [1.82, 2.24) is 15.0 Å². The average Bonchev–Trinajstić information content (AvgIpc) is 3.38. The van der Waals surface area contributed by atoms with Gasteiger partial charge in [-0.25, -0.2) is 0 Å². The van der Waals surface area contributed by atoms with E-state index in [1.165, 1.54) is 0 Å². The van der Waals surface area contributed by atoms with Crippen molar-refractivity contribution in [2.75, 3.05) is 6.61 Å². The molecular weight excluding hydrogens is 462 g/mol. The van der Waals surface area contributed by atoms with Gasteiger partial charge in [-0.15, -0.1) is 0 Å². The maximum absolute atomic E-state index is 6.39. The second-order valence-electron chi connectivity index (χ2n) is 9.28. The van der Waals surface area contributed by atoms with Gasteiger partial charge in [-0.05, 0) is 66.9 Å². The molecule has 2 fully saturated rings. The number of hydrogen-bond acceptors (Lipinski definition) is 9. The summed E-state index contributed by atoms with van der Waals surface area (Å²) in [6.07, 6.45) is 8.22. The monoisotopic (exact) mass is 493 g/mol. The Morgan fingerprint density at radius 3 is 1.94 bits per heavy atom. The summed E-state index contributed by atoms with van der Waals surface area (Å²) in [5.41, 5.74) is 3.04. The van der Waals surface area contributed by atoms with E-state index >= 15 is 0 Å². The standard InChI is InChI=1S/C27H31N3O6/c1-27(2)35-25-24(33-17-21-7-13-30-14-8-21)23(34-26(25)36-27)22(32-16-20-5-11-29-12-6-20)18-31-15-19-3-9-28-10-4-19/h3-14,22-26H,15-18H2,1-2H3/t22-,23-,24+,25-,26-/m1/s1. The maximum atomic E-state index is 6.39. The molecule has 0 aliphatic carbocycles. The van der Waals surface area contributed by atoms with Crippen molar-refractivity contribution < 1.29 is 28.4 Å². The molecule has 0 radical (unpaired) electrons. The van der Waals surface area contributed by atoms with Crippen LogP contribution in [0.1, 0.15) is 30.5 Å². The van der Waals surface area contributed by atoms with Crippen molar-refractivity contribution in [3.05, 3.63) is 90.3 Å². The number of nitrogens with zero attached hydrogens (tertiary/aromatic N) is 3. The van der Waals surface area contributed by atoms with Gasteiger partial charge in [-0.2, -0.15) is 0 Å². The number of pyridine rings is 3. The van der Waals surface area contributed by atoms with E-state index in [9.17, 15) is 0 Å². The topological polar surface area (TPSA) is 94.1 Å². The molecule has 9 nitrogen and oxygen atoms in total. The minimum absolute atomic E-state index is 0.302. The zero-order valence-electron chi connectivity index (χ0n) is 20.4. The predicted octanol–water partition coefficient (Wildman–Crippen LogP) is 3.44. The Balaban J connectivity index is 1.32. The van der Waals surface area contributed by atoms with Crippen molar-refractivity contribution in [3.8, 4) is 0 Å². The minimum atomic E-state index is -0.760. The Kier molecular flexibility index (Phi) is 7.96. The summed E-state index contributed by atoms with van der Waals surface area (Å²) < 4.78 is 37.4. The van der Waals surface area contributed by atoms with Gasteiger partial charge < -0.3 is 28.4 Å². The highest BCUT2D eigenvalue weighted by molar-refractivity contribution is 5.10. The molecule has 0 spiro atoms. The van der Waals surface area contributed by atoms with Crippen molar-refractivity contribution >= 4 is 0 Å². The first-order chi connectivity index (χ1) is 17.6. The van der Waals surface area contributed by atoms with Crippen LogP contribution in [0.5, 0.6) is 0 Å². The first-order valence-electron chi connectivity index (χ1n) is 12.1. The van der Waals surface area contributed by atoms with Crippen LogP contribution in [-0.2, 0) is 48.2 Å². The van der Waals surface area contributed by atoms with Gasteiger partial charge in [0.05, 0.1) is 26.4 Å². The number of ether oxygens (including phenoxy) is 6. The number of rotatable bonds is 11. The predicted molar refractivity (Wildman–Crippen MR) is 128 cm³/mol. The van der Waals surface area contributed by atoms with E-state index in [-0.39, 0.29) is 6.10 Å². The first-order valence-corrected chi connectivity index (χ1v) is 12.1. The maximum Gasteiger partial charge on any atom is 0.190 e. The quantitative estimate of drug-likeness (QED) is 0.398. The molecule has 2 aliphatic heterocycles. The highest BCUT2D eigenvalue weighted by Gasteiger charge is 2.57. The largest absolute Gasteiger partial charge is 0.374 e. The van der Waals surface area contributed by atoms with Gasteiger partial charge in [0.2, 0.25) is 0 Å². The van der Waals surface area contributed by atoms with Crippen molar-refractivity contribution in [2.24, 2.45) is 0 Å². The summed E-state index contributed by atoms with van der Waals surface area (Å²) in [7, 11) is 0. The lowest BCUT2D eigenvalue weighted by atomic mass is 10.1. The Hall–Kier alpha value is -2.79. The average molecular weight is 494 g/mol. The Morgan fingerprint density at radius 1 is 0.778 bits per heavy atom. The molecule has 0 saturated carbocycles. The summed E-state index contributed by atoms with van der Waals surface area (Å²) >= 11 is 0. The highest BCUT2D eigenvalue weighted by Crippen LogP contribution is 2.40. The van der Waals surface area contributed by atoms with Gasteiger partial charge >= 0.3 is 0 Å². The molecule has 36 heavy (non-hydrogen) atoms. The Labute approximate surface area is 210 Å². The molecular formula is C27H31N3O6. The van der Waals surface area contributed by atoms with Gasteiger partial charge in [0.25, 0.3) is 0 Å². The number of hydrogen-bond donors (Lipinski definition) is 0. The molecule has 0 aromatic carbocycles. The smallest absolute Gasteiger partial charge is 0.190 e. The molecule has 5 rings (SSSR count). The van der Waals surface area contributed by atoms with Gasteiger partial charge in [0.1, 0.15) is 24.4 Å². The van der Waals surface area contributed by atoms with E-state index in [1.807, 2.05) is 50.2 Å². The highest BCUT2D eigenvalue weighted by atomic mass is 16.8. The zero-order chi connectivity index (χ0) is 24.8. The third kappa shape index (κ3) is 6.31. The lowest BCUT2D eigenvalue weighted by Crippen LogP contribution is -2.45. The third-order valence-corrected chi connectivity index (χ3v) is 6.10. The van der Waals surface area contributed by atoms with E-state index in [4.69, 9.17) is 28.4 Å². The molecule has 5 heterocycles. The summed E-state index contributed by atoms with van der Waals surface area (Å²) in [5, 5.41) is 0. The lowest BCUT2D eigenvalue weighted by Gasteiger charge is -2.31. The third-order valence-electron chi connectivity index (χ3n) is 6.10. The summed E-state index contributed by atoms with van der Waals surface area (Å²) in [4.78, 5) is 12.2. The van der Waals surface area contributed by atoms with E-state index in [0.29, 0.717) is 26.4 Å². The van der Waals surface area contributed by atoms with Gasteiger partial charge in [-0.1, -0.05) is 0 Å². The lowest BCUT2D eigenvalue weighted by molar-refractivity contribution is -0.238. The van der Waals surface area contributed by atoms with Crippen LogP contribution in [0.25, 0.3) is 0 Å². The van der Waals surface area contributed by atoms with Gasteiger partial charge in [0, 0.05) is 37.2 Å². The first kappa shape index (κ1) is 24.9. The van der Waals surface area contributed by atoms with E-state index in [2.05, 4.69) is 15.0 Å². The second kappa shape index (κ2) is 11.5. The Bertz CT molecular complexity index is 1070. The second-order valence-corrected chi connectivity index (χ2v) is 9.28. The summed E-state index contributed by atoms with van der Waals surface area (Å²) in [5.74, 6) is -0.760. The summed E-state index contributed by atoms with van der Waals surface area (Å²) in [6, 6.07) is 11.5. The normalized spacial score (nSPS) is 25.5. The van der Waals surface area contributed by atoms with Gasteiger partial charge in [-0.3, -0.25) is 15.0 Å². The fourth-order valence-corrected chi connectivity index (χ4v) is 4.36. The fourth-order valence-electron chi connectivity index (χ4n) is 4.36. The molecule has 3 aromatic heterocycles. The van der Waals surface area contributed by atoms with Crippen LogP contribution in [0.3, 0.4) is 0 Å². The zero-order valence-corrected chi connectivity index (χ0v) is 20.4. The van der Waals surface area contributed by atoms with Crippen LogP contribution >= 0.6 is 0 Å². The van der Waals surface area contributed by atoms with Gasteiger partial charge in [0.15, 0.2) is 12.1 Å². The molecule has 0 N–H and O–H groups in total. The molecule has 0 bridgehead atoms. The van der Waals surface area contributed by atoms with Crippen molar-refractivity contribution in [3.63, 3.8) is 0 Å². The van der Waals surface area contributed by atoms with E-state index in [0.717, 1.165) is 16.7 Å². The van der Waals surface area contributed by atoms with Crippen molar-refractivity contribution in [1.29, 1.82) is 0 Å². The summed E-state index contributed by atoms with van der Waals surface area (Å²) in [6.45, 7) is 5.24. The van der Waals surface area contributed by atoms with E-state index < -0.39 is 30.4 Å². The van der Waals surface area contributed by atoms with Crippen LogP contribution in [0.15, 0.2) is 73.6 Å². The van der Waals surface area contributed by atoms with Crippen LogP contribution in [0.4, 0.5) is 0 Å². The SMILES string of the molecule is CC1(C)O[C@H]2O[C@H]([C@@H](COCc3ccncc3)OCc3ccncc3)[C@H](OCc3ccncc3)[C@H]2O1. The molecule has 0 unspecified atom stereocenters. The molecule has 190 valence electrons. The Morgan fingerprint density at radius 2 is 1.33 bits per heavy atom. The van der Waals surface area contributed by atoms with E-state index in [1.54, 1.807) is 37.2 Å². The molecule has 9 heteroatoms. The van der Waals surface area contributed by atoms with Crippen molar-refractivity contribution in [2.45, 2.75) is 70.2 Å². The fraction of sp³-hybridized carbons (Fsp3) is 0.444. The van der Waals surface area contributed by atoms with Crippen LogP contribution in [-0.4, -0.2) is 58.1 Å². The number of aromatic nitrogens is 3. The van der Waals surface area contributed by atoms with Crippen LogP contribution < -0.4 is 0 Å². The minimum Gasteiger partial charge on any atom is -0.374 e. The molecule has 0 amide bonds. The molecule has 5 atom stereocenters. The van der Waals surface area contributed by atoms with Crippen LogP contribution in [0, 0.1) is 0 Å².